The van der Waals surface area contributed by atoms with Crippen molar-refractivity contribution < 1.29 is 5.11 Å². The van der Waals surface area contributed by atoms with Gasteiger partial charge in [0.25, 0.3) is 0 Å². The number of nitriles is 1. The molecule has 0 aliphatic heterocycles. The third kappa shape index (κ3) is 3.02. The first-order valence-corrected chi connectivity index (χ1v) is 6.91. The zero-order chi connectivity index (χ0) is 13.8. The number of hydrogen-bond acceptors (Lipinski definition) is 5. The van der Waals surface area contributed by atoms with Crippen LogP contribution in [0, 0.1) is 17.2 Å². The summed E-state index contributed by atoms with van der Waals surface area (Å²) in [6.45, 7) is 4.46. The van der Waals surface area contributed by atoms with Crippen LogP contribution in [0.1, 0.15) is 43.5 Å². The highest BCUT2D eigenvalue weighted by Crippen LogP contribution is 2.32. The Morgan fingerprint density at radius 3 is 2.63 bits per heavy atom. The average Bonchev–Trinajstić information content (AvgIpc) is 3.27. The third-order valence-electron chi connectivity index (χ3n) is 3.60. The smallest absolute Gasteiger partial charge is 0.167 e. The fraction of sp³-hybridized carbons (Fsp3) is 0.643. The van der Waals surface area contributed by atoms with Crippen molar-refractivity contribution in [2.45, 2.75) is 45.6 Å². The highest BCUT2D eigenvalue weighted by atomic mass is 16.3. The number of nitrogens with one attached hydrogen (secondary N) is 1. The summed E-state index contributed by atoms with van der Waals surface area (Å²) >= 11 is 0. The Balaban J connectivity index is 2.17. The molecule has 0 spiro atoms. The monoisotopic (exact) mass is 260 g/mol. The molecule has 1 aliphatic rings. The fourth-order valence-electron chi connectivity index (χ4n) is 2.27. The van der Waals surface area contributed by atoms with Crippen molar-refractivity contribution >= 4 is 5.82 Å². The van der Waals surface area contributed by atoms with Crippen molar-refractivity contribution in [3.05, 3.63) is 16.8 Å². The van der Waals surface area contributed by atoms with E-state index in [-0.39, 0.29) is 6.10 Å². The second-order valence-electron chi connectivity index (χ2n) is 4.95. The summed E-state index contributed by atoms with van der Waals surface area (Å²) in [4.78, 5) is 0. The molecule has 0 bridgehead atoms. The molecule has 1 fully saturated rings. The SMILES string of the molecule is CCc1nnc(NCC(O)C2CC2)c(C#N)c1CC. The van der Waals surface area contributed by atoms with E-state index in [0.717, 1.165) is 36.9 Å². The minimum absolute atomic E-state index is 0.357. The van der Waals surface area contributed by atoms with Gasteiger partial charge in [-0.1, -0.05) is 13.8 Å². The Labute approximate surface area is 113 Å². The zero-order valence-electron chi connectivity index (χ0n) is 11.5. The molecule has 0 radical (unpaired) electrons. The third-order valence-corrected chi connectivity index (χ3v) is 3.60. The maximum atomic E-state index is 9.85. The highest BCUT2D eigenvalue weighted by molar-refractivity contribution is 5.56. The Morgan fingerprint density at radius 2 is 2.11 bits per heavy atom. The van der Waals surface area contributed by atoms with Crippen molar-refractivity contribution in [2.75, 3.05) is 11.9 Å². The maximum absolute atomic E-state index is 9.85. The van der Waals surface area contributed by atoms with Crippen LogP contribution in [0.2, 0.25) is 0 Å². The minimum atomic E-state index is -0.357. The Morgan fingerprint density at radius 1 is 1.37 bits per heavy atom. The van der Waals surface area contributed by atoms with Gasteiger partial charge >= 0.3 is 0 Å². The molecule has 102 valence electrons. The van der Waals surface area contributed by atoms with E-state index in [0.29, 0.717) is 23.8 Å². The summed E-state index contributed by atoms with van der Waals surface area (Å²) in [7, 11) is 0. The van der Waals surface area contributed by atoms with Crippen LogP contribution < -0.4 is 5.32 Å². The first-order valence-electron chi connectivity index (χ1n) is 6.91. The Bertz CT molecular complexity index is 491. The second-order valence-corrected chi connectivity index (χ2v) is 4.95. The summed E-state index contributed by atoms with van der Waals surface area (Å²) in [5, 5.41) is 30.5. The van der Waals surface area contributed by atoms with E-state index < -0.39 is 0 Å². The fourth-order valence-corrected chi connectivity index (χ4v) is 2.27. The van der Waals surface area contributed by atoms with Crippen molar-refractivity contribution in [1.82, 2.24) is 10.2 Å². The number of aromatic nitrogens is 2. The lowest BCUT2D eigenvalue weighted by atomic mass is 10.0. The zero-order valence-corrected chi connectivity index (χ0v) is 11.5. The lowest BCUT2D eigenvalue weighted by molar-refractivity contribution is 0.164. The molecule has 5 heteroatoms. The van der Waals surface area contributed by atoms with Gasteiger partial charge in [0.1, 0.15) is 11.6 Å². The summed E-state index contributed by atoms with van der Waals surface area (Å²) in [5.74, 6) is 0.905. The summed E-state index contributed by atoms with van der Waals surface area (Å²) < 4.78 is 0. The highest BCUT2D eigenvalue weighted by Gasteiger charge is 2.29. The first kappa shape index (κ1) is 13.8. The van der Waals surface area contributed by atoms with Crippen LogP contribution in [-0.2, 0) is 12.8 Å². The predicted molar refractivity (Wildman–Crippen MR) is 72.7 cm³/mol. The van der Waals surface area contributed by atoms with E-state index in [2.05, 4.69) is 21.6 Å². The number of hydrogen-bond donors (Lipinski definition) is 2. The van der Waals surface area contributed by atoms with Gasteiger partial charge in [0.15, 0.2) is 5.82 Å². The lowest BCUT2D eigenvalue weighted by Gasteiger charge is -2.14. The quantitative estimate of drug-likeness (QED) is 0.812. The molecule has 19 heavy (non-hydrogen) atoms. The van der Waals surface area contributed by atoms with Crippen LogP contribution >= 0.6 is 0 Å². The Hall–Kier alpha value is -1.67. The van der Waals surface area contributed by atoms with Gasteiger partial charge in [-0.25, -0.2) is 0 Å². The first-order chi connectivity index (χ1) is 9.21. The lowest BCUT2D eigenvalue weighted by Crippen LogP contribution is -2.23. The molecular formula is C14H20N4O. The normalized spacial score (nSPS) is 15.9. The van der Waals surface area contributed by atoms with Crippen molar-refractivity contribution in [2.24, 2.45) is 5.92 Å². The van der Waals surface area contributed by atoms with Crippen LogP contribution in [0.3, 0.4) is 0 Å². The van der Waals surface area contributed by atoms with Gasteiger partial charge in [-0.05, 0) is 37.2 Å². The van der Waals surface area contributed by atoms with Crippen molar-refractivity contribution in [3.8, 4) is 6.07 Å². The van der Waals surface area contributed by atoms with Crippen molar-refractivity contribution in [3.63, 3.8) is 0 Å². The van der Waals surface area contributed by atoms with Crippen molar-refractivity contribution in [1.29, 1.82) is 5.26 Å². The largest absolute Gasteiger partial charge is 0.391 e. The molecule has 2 rings (SSSR count). The minimum Gasteiger partial charge on any atom is -0.391 e. The van der Waals surface area contributed by atoms with E-state index in [1.54, 1.807) is 0 Å². The van der Waals surface area contributed by atoms with Crippen LogP contribution in [-0.4, -0.2) is 28.0 Å². The van der Waals surface area contributed by atoms with Gasteiger partial charge in [0.05, 0.1) is 11.8 Å². The van der Waals surface area contributed by atoms with E-state index >= 15 is 0 Å². The van der Waals surface area contributed by atoms with Gasteiger partial charge in [-0.3, -0.25) is 0 Å². The molecule has 0 aromatic carbocycles. The number of nitrogens with zero attached hydrogens (tertiary/aromatic N) is 3. The average molecular weight is 260 g/mol. The molecule has 0 saturated heterocycles. The summed E-state index contributed by atoms with van der Waals surface area (Å²) in [5.41, 5.74) is 2.41. The molecule has 0 amide bonds. The number of rotatable bonds is 6. The number of anilines is 1. The van der Waals surface area contributed by atoms with Gasteiger partial charge < -0.3 is 10.4 Å². The molecule has 1 unspecified atom stereocenters. The molecule has 1 aliphatic carbocycles. The van der Waals surface area contributed by atoms with E-state index in [1.807, 2.05) is 13.8 Å². The van der Waals surface area contributed by atoms with Gasteiger partial charge in [0.2, 0.25) is 0 Å². The molecular weight excluding hydrogens is 240 g/mol. The molecule has 1 atom stereocenters. The summed E-state index contributed by atoms with van der Waals surface area (Å²) in [6, 6.07) is 2.21. The molecule has 1 saturated carbocycles. The number of aliphatic hydroxyl groups excluding tert-OH is 1. The van der Waals surface area contributed by atoms with Gasteiger partial charge in [0, 0.05) is 6.54 Å². The molecule has 1 heterocycles. The Kier molecular flexibility index (Phi) is 4.33. The molecule has 1 aromatic heterocycles. The molecule has 5 nitrogen and oxygen atoms in total. The van der Waals surface area contributed by atoms with Crippen LogP contribution in [0.4, 0.5) is 5.82 Å². The van der Waals surface area contributed by atoms with Crippen LogP contribution in [0.15, 0.2) is 0 Å². The molecule has 1 aromatic rings. The topological polar surface area (TPSA) is 81.8 Å². The van der Waals surface area contributed by atoms with E-state index in [1.165, 1.54) is 0 Å². The van der Waals surface area contributed by atoms with Crippen LogP contribution in [0.25, 0.3) is 0 Å². The second kappa shape index (κ2) is 5.98. The van der Waals surface area contributed by atoms with E-state index in [4.69, 9.17) is 0 Å². The van der Waals surface area contributed by atoms with E-state index in [9.17, 15) is 10.4 Å². The number of aryl methyl sites for hydroxylation is 1. The van der Waals surface area contributed by atoms with Crippen LogP contribution in [0.5, 0.6) is 0 Å². The maximum Gasteiger partial charge on any atom is 0.167 e. The van der Waals surface area contributed by atoms with Gasteiger partial charge in [-0.15, -0.1) is 5.10 Å². The number of aliphatic hydroxyl groups is 1. The summed E-state index contributed by atoms with van der Waals surface area (Å²) in [6.07, 6.45) is 3.37. The predicted octanol–water partition coefficient (Wildman–Crippen LogP) is 1.66. The van der Waals surface area contributed by atoms with Gasteiger partial charge in [-0.2, -0.15) is 10.4 Å². The molecule has 2 N–H and O–H groups in total. The standard InChI is InChI=1S/C14H20N4O/c1-3-10-11(7-15)14(18-17-12(10)4-2)16-8-13(19)9-5-6-9/h9,13,19H,3-6,8H2,1-2H3,(H,16,18).